The molecule has 0 saturated carbocycles. The highest BCUT2D eigenvalue weighted by Gasteiger charge is 2.24. The summed E-state index contributed by atoms with van der Waals surface area (Å²) in [5.74, 6) is -1.57. The van der Waals surface area contributed by atoms with E-state index in [4.69, 9.17) is 5.11 Å². The Labute approximate surface area is 122 Å². The summed E-state index contributed by atoms with van der Waals surface area (Å²) in [7, 11) is -4.05. The maximum Gasteiger partial charge on any atom is 0.340 e. The lowest BCUT2D eigenvalue weighted by atomic mass is 10.3. The molecule has 1 aromatic rings. The number of aromatic amines is 1. The maximum absolute atomic E-state index is 11.9. The number of carbonyl (C=O) groups excluding carboxylic acids is 1. The molecule has 0 fully saturated rings. The summed E-state index contributed by atoms with van der Waals surface area (Å²) >= 11 is 0. The van der Waals surface area contributed by atoms with Crippen molar-refractivity contribution in [1.29, 1.82) is 0 Å². The van der Waals surface area contributed by atoms with Gasteiger partial charge in [-0.05, 0) is 13.8 Å². The third-order valence-electron chi connectivity index (χ3n) is 2.85. The number of aromatic nitrogens is 2. The Hall–Kier alpha value is -1.94. The summed E-state index contributed by atoms with van der Waals surface area (Å²) in [6.07, 6.45) is 0.912. The minimum Gasteiger partial charge on any atom is -0.478 e. The van der Waals surface area contributed by atoms with Gasteiger partial charge in [-0.15, -0.1) is 0 Å². The normalized spacial score (nSPS) is 11.3. The molecule has 9 nitrogen and oxygen atoms in total. The van der Waals surface area contributed by atoms with Crippen LogP contribution in [0.3, 0.4) is 0 Å². The van der Waals surface area contributed by atoms with E-state index in [-0.39, 0.29) is 18.9 Å². The molecule has 10 heteroatoms. The van der Waals surface area contributed by atoms with Gasteiger partial charge < -0.3 is 10.0 Å². The number of carboxylic acid groups (broad SMARTS) is 1. The Morgan fingerprint density at radius 2 is 2.00 bits per heavy atom. The van der Waals surface area contributed by atoms with E-state index in [0.717, 1.165) is 6.20 Å². The number of nitrogens with one attached hydrogen (secondary N) is 2. The molecule has 3 N–H and O–H groups in total. The van der Waals surface area contributed by atoms with Crippen molar-refractivity contribution < 1.29 is 23.1 Å². The molecular formula is C11H18N4O5S. The fourth-order valence-electron chi connectivity index (χ4n) is 1.73. The summed E-state index contributed by atoms with van der Waals surface area (Å²) in [5, 5.41) is 13.9. The van der Waals surface area contributed by atoms with Gasteiger partial charge in [-0.3, -0.25) is 9.89 Å². The van der Waals surface area contributed by atoms with Crippen LogP contribution in [0.15, 0.2) is 11.2 Å². The SMILES string of the molecule is CCN(CC)C(=O)CCNS(=O)(=O)c1[nH]ncc1C(=O)O. The Morgan fingerprint density at radius 3 is 2.52 bits per heavy atom. The lowest BCUT2D eigenvalue weighted by molar-refractivity contribution is -0.130. The minimum absolute atomic E-state index is 0.00253. The summed E-state index contributed by atoms with van der Waals surface area (Å²) < 4.78 is 26.1. The van der Waals surface area contributed by atoms with E-state index < -0.39 is 26.6 Å². The lowest BCUT2D eigenvalue weighted by Gasteiger charge is -2.18. The van der Waals surface area contributed by atoms with Crippen molar-refractivity contribution in [3.8, 4) is 0 Å². The molecule has 1 amide bonds. The summed E-state index contributed by atoms with van der Waals surface area (Å²) in [5.41, 5.74) is -0.447. The van der Waals surface area contributed by atoms with Gasteiger partial charge in [0, 0.05) is 26.1 Å². The van der Waals surface area contributed by atoms with E-state index in [1.165, 1.54) is 0 Å². The zero-order valence-electron chi connectivity index (χ0n) is 11.8. The second-order valence-corrected chi connectivity index (χ2v) is 5.84. The van der Waals surface area contributed by atoms with Gasteiger partial charge in [0.2, 0.25) is 5.91 Å². The third kappa shape index (κ3) is 4.26. The fraction of sp³-hybridized carbons (Fsp3) is 0.545. The predicted octanol–water partition coefficient (Wildman–Crippen LogP) is -0.355. The van der Waals surface area contributed by atoms with Crippen LogP contribution in [0.1, 0.15) is 30.6 Å². The van der Waals surface area contributed by atoms with Gasteiger partial charge in [0.15, 0.2) is 5.03 Å². The lowest BCUT2D eigenvalue weighted by Crippen LogP contribution is -2.34. The first-order valence-electron chi connectivity index (χ1n) is 6.37. The average Bonchev–Trinajstić information content (AvgIpc) is 2.90. The first-order chi connectivity index (χ1) is 9.83. The first-order valence-corrected chi connectivity index (χ1v) is 7.85. The minimum atomic E-state index is -4.05. The molecule has 0 bridgehead atoms. The Bertz CT molecular complexity index is 606. The number of hydrogen-bond acceptors (Lipinski definition) is 5. The van der Waals surface area contributed by atoms with E-state index in [0.29, 0.717) is 13.1 Å². The van der Waals surface area contributed by atoms with Crippen molar-refractivity contribution in [1.82, 2.24) is 19.8 Å². The van der Waals surface area contributed by atoms with Gasteiger partial charge in [0.25, 0.3) is 10.0 Å². The van der Waals surface area contributed by atoms with Crippen LogP contribution in [0.5, 0.6) is 0 Å². The van der Waals surface area contributed by atoms with Crippen LogP contribution in [-0.2, 0) is 14.8 Å². The van der Waals surface area contributed by atoms with Gasteiger partial charge in [0.1, 0.15) is 5.56 Å². The fourth-order valence-corrected chi connectivity index (χ4v) is 2.85. The Morgan fingerprint density at radius 1 is 1.38 bits per heavy atom. The van der Waals surface area contributed by atoms with Gasteiger partial charge in [0.05, 0.1) is 6.20 Å². The van der Waals surface area contributed by atoms with Crippen LogP contribution in [0.25, 0.3) is 0 Å². The Kier molecular flexibility index (Phi) is 5.85. The molecule has 0 saturated heterocycles. The number of rotatable bonds is 8. The number of carbonyl (C=O) groups is 2. The van der Waals surface area contributed by atoms with Crippen LogP contribution < -0.4 is 4.72 Å². The molecule has 0 atom stereocenters. The standard InChI is InChI=1S/C11H18N4O5S/c1-3-15(4-2)9(16)5-6-13-21(19,20)10-8(11(17)18)7-12-14-10/h7,13H,3-6H2,1-2H3,(H,12,14)(H,17,18). The third-order valence-corrected chi connectivity index (χ3v) is 4.28. The molecule has 0 aliphatic carbocycles. The molecule has 1 heterocycles. The largest absolute Gasteiger partial charge is 0.478 e. The highest BCUT2D eigenvalue weighted by molar-refractivity contribution is 7.89. The van der Waals surface area contributed by atoms with Crippen LogP contribution in [0.2, 0.25) is 0 Å². The van der Waals surface area contributed by atoms with Crippen molar-refractivity contribution in [2.45, 2.75) is 25.3 Å². The van der Waals surface area contributed by atoms with Crippen molar-refractivity contribution >= 4 is 21.9 Å². The van der Waals surface area contributed by atoms with E-state index in [1.807, 2.05) is 13.8 Å². The molecule has 0 spiro atoms. The van der Waals surface area contributed by atoms with Gasteiger partial charge >= 0.3 is 5.97 Å². The molecule has 0 aliphatic heterocycles. The smallest absolute Gasteiger partial charge is 0.340 e. The molecule has 21 heavy (non-hydrogen) atoms. The number of aromatic carboxylic acids is 1. The summed E-state index contributed by atoms with van der Waals surface area (Å²) in [6.45, 7) is 4.64. The second-order valence-electron chi connectivity index (χ2n) is 4.13. The maximum atomic E-state index is 11.9. The molecule has 1 rings (SSSR count). The van der Waals surface area contributed by atoms with Gasteiger partial charge in [-0.1, -0.05) is 0 Å². The molecule has 0 unspecified atom stereocenters. The van der Waals surface area contributed by atoms with Gasteiger partial charge in [-0.25, -0.2) is 17.9 Å². The van der Waals surface area contributed by atoms with Crippen molar-refractivity contribution in [2.75, 3.05) is 19.6 Å². The highest BCUT2D eigenvalue weighted by atomic mass is 32.2. The number of sulfonamides is 1. The van der Waals surface area contributed by atoms with E-state index in [9.17, 15) is 18.0 Å². The molecule has 0 radical (unpaired) electrons. The number of nitrogens with zero attached hydrogens (tertiary/aromatic N) is 2. The monoisotopic (exact) mass is 318 g/mol. The molecule has 0 aromatic carbocycles. The van der Waals surface area contributed by atoms with E-state index in [1.54, 1.807) is 4.90 Å². The number of H-pyrrole nitrogens is 1. The molecule has 1 aromatic heterocycles. The average molecular weight is 318 g/mol. The summed E-state index contributed by atoms with van der Waals surface area (Å²) in [6, 6.07) is 0. The predicted molar refractivity (Wildman–Crippen MR) is 73.3 cm³/mol. The zero-order valence-corrected chi connectivity index (χ0v) is 12.6. The topological polar surface area (TPSA) is 132 Å². The summed E-state index contributed by atoms with van der Waals surface area (Å²) in [4.78, 5) is 24.2. The van der Waals surface area contributed by atoms with E-state index >= 15 is 0 Å². The van der Waals surface area contributed by atoms with Crippen molar-refractivity contribution in [3.05, 3.63) is 11.8 Å². The van der Waals surface area contributed by atoms with Gasteiger partial charge in [-0.2, -0.15) is 5.10 Å². The Balaban J connectivity index is 2.68. The van der Waals surface area contributed by atoms with E-state index in [2.05, 4.69) is 14.9 Å². The highest BCUT2D eigenvalue weighted by Crippen LogP contribution is 2.11. The molecule has 0 aliphatic rings. The van der Waals surface area contributed by atoms with Crippen LogP contribution in [0.4, 0.5) is 0 Å². The van der Waals surface area contributed by atoms with Crippen molar-refractivity contribution in [2.24, 2.45) is 0 Å². The van der Waals surface area contributed by atoms with Crippen LogP contribution >= 0.6 is 0 Å². The first kappa shape index (κ1) is 17.1. The van der Waals surface area contributed by atoms with Crippen LogP contribution in [0, 0.1) is 0 Å². The second kappa shape index (κ2) is 7.18. The zero-order chi connectivity index (χ0) is 16.0. The van der Waals surface area contributed by atoms with Crippen molar-refractivity contribution in [3.63, 3.8) is 0 Å². The number of carboxylic acids is 1. The molecule has 118 valence electrons. The number of amides is 1. The molecular weight excluding hydrogens is 300 g/mol. The van der Waals surface area contributed by atoms with Crippen LogP contribution in [-0.4, -0.2) is 60.1 Å². The number of hydrogen-bond donors (Lipinski definition) is 3. The quantitative estimate of drug-likeness (QED) is 0.600.